The van der Waals surface area contributed by atoms with E-state index in [0.29, 0.717) is 24.7 Å². The number of hydrogen-bond donors (Lipinski definition) is 0. The van der Waals surface area contributed by atoms with E-state index < -0.39 is 17.4 Å². The lowest BCUT2D eigenvalue weighted by molar-refractivity contribution is -0.136. The van der Waals surface area contributed by atoms with Crippen molar-refractivity contribution in [1.29, 1.82) is 0 Å². The van der Waals surface area contributed by atoms with E-state index in [0.717, 1.165) is 41.1 Å². The van der Waals surface area contributed by atoms with Crippen LogP contribution in [0.25, 0.3) is 22.6 Å². The molecule has 5 aromatic rings. The van der Waals surface area contributed by atoms with E-state index in [2.05, 4.69) is 15.2 Å². The van der Waals surface area contributed by atoms with E-state index in [1.165, 1.54) is 23.2 Å². The highest BCUT2D eigenvalue weighted by Crippen LogP contribution is 2.48. The van der Waals surface area contributed by atoms with Gasteiger partial charge in [-0.15, -0.1) is 10.2 Å². The van der Waals surface area contributed by atoms with E-state index in [1.54, 1.807) is 30.3 Å². The third-order valence-corrected chi connectivity index (χ3v) is 7.61. The fourth-order valence-corrected chi connectivity index (χ4v) is 5.50. The summed E-state index contributed by atoms with van der Waals surface area (Å²) in [5, 5.41) is 8.38. The van der Waals surface area contributed by atoms with Crippen molar-refractivity contribution in [2.75, 3.05) is 13.7 Å². The van der Waals surface area contributed by atoms with Gasteiger partial charge in [0.15, 0.2) is 0 Å². The molecule has 1 aliphatic rings. The van der Waals surface area contributed by atoms with Gasteiger partial charge in [-0.3, -0.25) is 8.97 Å². The number of rotatable bonds is 7. The van der Waals surface area contributed by atoms with Gasteiger partial charge in [0.25, 0.3) is 0 Å². The second kappa shape index (κ2) is 9.23. The van der Waals surface area contributed by atoms with Crippen molar-refractivity contribution in [2.24, 2.45) is 7.05 Å². The van der Waals surface area contributed by atoms with Gasteiger partial charge >= 0.3 is 11.9 Å². The van der Waals surface area contributed by atoms with Crippen LogP contribution in [0.1, 0.15) is 36.2 Å². The van der Waals surface area contributed by atoms with Crippen LogP contribution < -0.4 is 5.69 Å². The summed E-state index contributed by atoms with van der Waals surface area (Å²) < 4.78 is 53.8. The van der Waals surface area contributed by atoms with Gasteiger partial charge in [0.2, 0.25) is 0 Å². The summed E-state index contributed by atoms with van der Waals surface area (Å²) in [4.78, 5) is 17.9. The molecule has 1 fully saturated rings. The first-order valence-electron chi connectivity index (χ1n) is 12.5. The standard InChI is InChI=1S/C27H26F3N7O2/c1-34-17-32-33-24(34)26(7-4-8-26)19-5-3-6-20(14-19)36-16-22-21(27(28,29)30)13-18(15-37(22)25(36)38)23-31-9-10-35(23)11-12-39-2/h3,5-6,9-10,13-17H,4,7-8,11-12H2,1-2H3. The molecule has 0 saturated heterocycles. The Morgan fingerprint density at radius 1 is 1.15 bits per heavy atom. The molecule has 0 radical (unpaired) electrons. The van der Waals surface area contributed by atoms with E-state index in [1.807, 2.05) is 29.8 Å². The number of imidazole rings is 2. The van der Waals surface area contributed by atoms with Gasteiger partial charge in [-0.05, 0) is 36.6 Å². The Balaban J connectivity index is 1.50. The predicted molar refractivity (Wildman–Crippen MR) is 137 cm³/mol. The molecule has 0 N–H and O–H groups in total. The Morgan fingerprint density at radius 2 is 1.97 bits per heavy atom. The minimum absolute atomic E-state index is 0.181. The lowest BCUT2D eigenvalue weighted by atomic mass is 9.63. The number of ether oxygens (including phenoxy) is 1. The van der Waals surface area contributed by atoms with E-state index >= 15 is 0 Å². The normalized spacial score (nSPS) is 15.1. The number of benzene rings is 1. The molecule has 0 aliphatic heterocycles. The van der Waals surface area contributed by atoms with Crippen LogP contribution in [0, 0.1) is 0 Å². The van der Waals surface area contributed by atoms with E-state index in [4.69, 9.17) is 4.74 Å². The van der Waals surface area contributed by atoms with Gasteiger partial charge in [0, 0.05) is 51.1 Å². The second-order valence-corrected chi connectivity index (χ2v) is 9.87. The van der Waals surface area contributed by atoms with Crippen molar-refractivity contribution in [2.45, 2.75) is 37.4 Å². The van der Waals surface area contributed by atoms with E-state index in [9.17, 15) is 18.0 Å². The van der Waals surface area contributed by atoms with Gasteiger partial charge in [-0.2, -0.15) is 13.2 Å². The monoisotopic (exact) mass is 537 g/mol. The van der Waals surface area contributed by atoms with Crippen LogP contribution in [0.15, 0.2) is 66.2 Å². The van der Waals surface area contributed by atoms with E-state index in [-0.39, 0.29) is 16.5 Å². The molecule has 9 nitrogen and oxygen atoms in total. The van der Waals surface area contributed by atoms with Crippen LogP contribution >= 0.6 is 0 Å². The van der Waals surface area contributed by atoms with Crippen molar-refractivity contribution in [3.8, 4) is 17.1 Å². The molecule has 6 rings (SSSR count). The maximum atomic E-state index is 14.3. The molecule has 0 spiro atoms. The number of aryl methyl sites for hydroxylation is 1. The third kappa shape index (κ3) is 4.06. The number of aromatic nitrogens is 7. The van der Waals surface area contributed by atoms with Crippen molar-refractivity contribution < 1.29 is 17.9 Å². The highest BCUT2D eigenvalue weighted by molar-refractivity contribution is 5.66. The molecular weight excluding hydrogens is 511 g/mol. The molecule has 1 saturated carbocycles. The molecule has 1 aromatic carbocycles. The average molecular weight is 538 g/mol. The van der Waals surface area contributed by atoms with Crippen molar-refractivity contribution in [3.05, 3.63) is 88.9 Å². The molecule has 202 valence electrons. The average Bonchev–Trinajstić information content (AvgIpc) is 3.61. The molecule has 1 aliphatic carbocycles. The molecule has 12 heteroatoms. The maximum Gasteiger partial charge on any atom is 0.418 e. The zero-order chi connectivity index (χ0) is 27.4. The number of nitrogens with zero attached hydrogens (tertiary/aromatic N) is 7. The lowest BCUT2D eigenvalue weighted by Gasteiger charge is -2.41. The molecule has 4 aromatic heterocycles. The van der Waals surface area contributed by atoms with Crippen molar-refractivity contribution >= 4 is 5.52 Å². The van der Waals surface area contributed by atoms with Crippen LogP contribution in [-0.4, -0.2) is 47.0 Å². The Labute approximate surface area is 221 Å². The summed E-state index contributed by atoms with van der Waals surface area (Å²) in [6.45, 7) is 0.765. The fraction of sp³-hybridized carbons (Fsp3) is 0.333. The summed E-state index contributed by atoms with van der Waals surface area (Å²) in [5.41, 5.74) is -0.502. The zero-order valence-electron chi connectivity index (χ0n) is 21.4. The van der Waals surface area contributed by atoms with Gasteiger partial charge in [0.05, 0.1) is 28.8 Å². The van der Waals surface area contributed by atoms with Gasteiger partial charge < -0.3 is 13.9 Å². The quantitative estimate of drug-likeness (QED) is 0.311. The topological polar surface area (TPSA) is 84.2 Å². The summed E-state index contributed by atoms with van der Waals surface area (Å²) in [5.74, 6) is 1.14. The Kier molecular flexibility index (Phi) is 5.94. The molecule has 4 heterocycles. The first kappa shape index (κ1) is 25.1. The zero-order valence-corrected chi connectivity index (χ0v) is 21.4. The van der Waals surface area contributed by atoms with Crippen LogP contribution in [0.3, 0.4) is 0 Å². The minimum Gasteiger partial charge on any atom is -0.383 e. The van der Waals surface area contributed by atoms with Gasteiger partial charge in [0.1, 0.15) is 18.0 Å². The number of halogens is 3. The molecule has 0 unspecified atom stereocenters. The molecule has 39 heavy (non-hydrogen) atoms. The Morgan fingerprint density at radius 3 is 2.64 bits per heavy atom. The first-order valence-corrected chi connectivity index (χ1v) is 12.5. The number of hydrogen-bond acceptors (Lipinski definition) is 5. The smallest absolute Gasteiger partial charge is 0.383 e. The Hall–Kier alpha value is -4.19. The van der Waals surface area contributed by atoms with Crippen LogP contribution in [0.4, 0.5) is 13.2 Å². The summed E-state index contributed by atoms with van der Waals surface area (Å²) in [7, 11) is 3.43. The molecule has 0 amide bonds. The van der Waals surface area contributed by atoms with Gasteiger partial charge in [-0.25, -0.2) is 9.78 Å². The summed E-state index contributed by atoms with van der Waals surface area (Å²) >= 11 is 0. The van der Waals surface area contributed by atoms with Crippen molar-refractivity contribution in [3.63, 3.8) is 0 Å². The maximum absolute atomic E-state index is 14.3. The van der Waals surface area contributed by atoms with Crippen LogP contribution in [0.2, 0.25) is 0 Å². The molecular formula is C27H26F3N7O2. The first-order chi connectivity index (χ1) is 18.7. The largest absolute Gasteiger partial charge is 0.418 e. The highest BCUT2D eigenvalue weighted by atomic mass is 19.4. The van der Waals surface area contributed by atoms with Crippen LogP contribution in [0.5, 0.6) is 0 Å². The van der Waals surface area contributed by atoms with Crippen LogP contribution in [-0.2, 0) is 29.9 Å². The highest BCUT2D eigenvalue weighted by Gasteiger charge is 2.44. The number of methoxy groups -OCH3 is 1. The SMILES string of the molecule is COCCn1ccnc1-c1cc(C(F)(F)F)c2cn(-c3cccc(C4(c5nncn5C)CCC4)c3)c(=O)n2c1. The number of alkyl halides is 3. The summed E-state index contributed by atoms with van der Waals surface area (Å²) in [6, 6.07) is 8.41. The fourth-order valence-electron chi connectivity index (χ4n) is 5.50. The van der Waals surface area contributed by atoms with Crippen molar-refractivity contribution in [1.82, 2.24) is 33.3 Å². The lowest BCUT2D eigenvalue weighted by Crippen LogP contribution is -2.38. The Bertz CT molecular complexity index is 1720. The summed E-state index contributed by atoms with van der Waals surface area (Å²) in [6.07, 6.45) is 5.56. The molecule has 0 bridgehead atoms. The minimum atomic E-state index is -4.69. The second-order valence-electron chi connectivity index (χ2n) is 9.87. The number of pyridine rings is 1. The molecule has 0 atom stereocenters. The number of fused-ring (bicyclic) bond motifs is 1. The predicted octanol–water partition coefficient (Wildman–Crippen LogP) is 4.22. The third-order valence-electron chi connectivity index (χ3n) is 7.61. The van der Waals surface area contributed by atoms with Gasteiger partial charge in [-0.1, -0.05) is 18.6 Å².